The third kappa shape index (κ3) is 2.61. The molecule has 0 spiro atoms. The van der Waals surface area contributed by atoms with Gasteiger partial charge in [-0.3, -0.25) is 9.36 Å². The molecule has 0 unspecified atom stereocenters. The van der Waals surface area contributed by atoms with Crippen LogP contribution in [-0.2, 0) is 9.53 Å². The number of carbonyl (C=O) groups is 2. The largest absolute Gasteiger partial charge is 0.464 e. The van der Waals surface area contributed by atoms with Crippen LogP contribution < -0.4 is 11.1 Å². The van der Waals surface area contributed by atoms with Gasteiger partial charge in [0.05, 0.1) is 12.8 Å². The van der Waals surface area contributed by atoms with Crippen LogP contribution in [0.25, 0.3) is 5.69 Å². The van der Waals surface area contributed by atoms with Crippen molar-refractivity contribution in [3.05, 3.63) is 36.3 Å². The minimum Gasteiger partial charge on any atom is -0.464 e. The lowest BCUT2D eigenvalue weighted by molar-refractivity contribution is -0.114. The van der Waals surface area contributed by atoms with Crippen molar-refractivity contribution in [3.63, 3.8) is 0 Å². The maximum Gasteiger partial charge on any atom is 0.360 e. The van der Waals surface area contributed by atoms with E-state index in [9.17, 15) is 9.59 Å². The lowest BCUT2D eigenvalue weighted by Gasteiger charge is -2.08. The topological polar surface area (TPSA) is 99.2 Å². The number of amides is 1. The summed E-state index contributed by atoms with van der Waals surface area (Å²) in [7, 11) is 1.26. The van der Waals surface area contributed by atoms with Crippen LogP contribution in [0.1, 0.15) is 17.4 Å². The fraction of sp³-hybridized carbons (Fsp3) is 0.154. The summed E-state index contributed by atoms with van der Waals surface area (Å²) in [6.07, 6.45) is 1.43. The molecule has 0 bridgehead atoms. The van der Waals surface area contributed by atoms with Gasteiger partial charge in [-0.25, -0.2) is 9.78 Å². The van der Waals surface area contributed by atoms with Crippen LogP contribution in [0.2, 0.25) is 0 Å². The number of nitrogen functional groups attached to an aromatic ring is 1. The molecular formula is C13H14N4O3. The average molecular weight is 274 g/mol. The molecule has 1 heterocycles. The lowest BCUT2D eigenvalue weighted by Crippen LogP contribution is -2.08. The quantitative estimate of drug-likeness (QED) is 0.819. The fourth-order valence-corrected chi connectivity index (χ4v) is 1.75. The number of nitrogens with one attached hydrogen (secondary N) is 1. The van der Waals surface area contributed by atoms with E-state index in [0.29, 0.717) is 11.4 Å². The Labute approximate surface area is 115 Å². The standard InChI is InChI=1S/C13H14N4O3/c1-8(18)16-9-4-3-5-10(6-9)17-7-15-11(12(17)14)13(19)20-2/h3-7H,14H2,1-2H3,(H,16,18). The molecule has 0 atom stereocenters. The van der Waals surface area contributed by atoms with Crippen LogP contribution in [-0.4, -0.2) is 28.5 Å². The molecule has 104 valence electrons. The second-order valence-electron chi connectivity index (χ2n) is 4.07. The number of rotatable bonds is 3. The summed E-state index contributed by atoms with van der Waals surface area (Å²) >= 11 is 0. The zero-order valence-electron chi connectivity index (χ0n) is 11.1. The number of ether oxygens (including phenoxy) is 1. The molecule has 0 aliphatic carbocycles. The number of imidazole rings is 1. The number of nitrogens with two attached hydrogens (primary N) is 1. The molecule has 1 aromatic carbocycles. The van der Waals surface area contributed by atoms with E-state index in [4.69, 9.17) is 5.73 Å². The van der Waals surface area contributed by atoms with Gasteiger partial charge in [-0.05, 0) is 18.2 Å². The van der Waals surface area contributed by atoms with Crippen molar-refractivity contribution in [2.24, 2.45) is 0 Å². The lowest BCUT2D eigenvalue weighted by atomic mass is 10.2. The van der Waals surface area contributed by atoms with Gasteiger partial charge in [0.2, 0.25) is 5.91 Å². The Morgan fingerprint density at radius 2 is 2.15 bits per heavy atom. The van der Waals surface area contributed by atoms with E-state index in [1.807, 2.05) is 0 Å². The van der Waals surface area contributed by atoms with Gasteiger partial charge < -0.3 is 15.8 Å². The van der Waals surface area contributed by atoms with E-state index in [1.165, 1.54) is 24.9 Å². The van der Waals surface area contributed by atoms with Crippen LogP contribution in [0.3, 0.4) is 0 Å². The molecule has 1 amide bonds. The first-order valence-corrected chi connectivity index (χ1v) is 5.82. The van der Waals surface area contributed by atoms with Gasteiger partial charge in [0.15, 0.2) is 5.69 Å². The van der Waals surface area contributed by atoms with Crippen molar-refractivity contribution in [2.45, 2.75) is 6.92 Å². The fourth-order valence-electron chi connectivity index (χ4n) is 1.75. The highest BCUT2D eigenvalue weighted by atomic mass is 16.5. The Kier molecular flexibility index (Phi) is 3.69. The maximum atomic E-state index is 11.5. The number of anilines is 2. The monoisotopic (exact) mass is 274 g/mol. The maximum absolute atomic E-state index is 11.5. The molecule has 7 nitrogen and oxygen atoms in total. The molecule has 0 aliphatic rings. The average Bonchev–Trinajstić information content (AvgIpc) is 2.79. The number of aromatic nitrogens is 2. The minimum absolute atomic E-state index is 0.0532. The Bertz CT molecular complexity index is 663. The first-order chi connectivity index (χ1) is 9.52. The molecule has 1 aromatic heterocycles. The van der Waals surface area contributed by atoms with E-state index in [1.54, 1.807) is 24.3 Å². The summed E-state index contributed by atoms with van der Waals surface area (Å²) in [5, 5.41) is 2.67. The van der Waals surface area contributed by atoms with E-state index in [0.717, 1.165) is 0 Å². The predicted octanol–water partition coefficient (Wildman–Crippen LogP) is 1.20. The molecule has 0 radical (unpaired) electrons. The first-order valence-electron chi connectivity index (χ1n) is 5.82. The molecule has 2 aromatic rings. The number of nitrogens with zero attached hydrogens (tertiary/aromatic N) is 2. The SMILES string of the molecule is COC(=O)c1ncn(-c2cccc(NC(C)=O)c2)c1N. The molecule has 7 heteroatoms. The number of benzene rings is 1. The summed E-state index contributed by atoms with van der Waals surface area (Å²) in [6, 6.07) is 7.02. The van der Waals surface area contributed by atoms with Crippen molar-refractivity contribution in [2.75, 3.05) is 18.2 Å². The van der Waals surface area contributed by atoms with E-state index in [-0.39, 0.29) is 17.4 Å². The summed E-state index contributed by atoms with van der Waals surface area (Å²) in [5.41, 5.74) is 7.23. The second-order valence-corrected chi connectivity index (χ2v) is 4.07. The van der Waals surface area contributed by atoms with Gasteiger partial charge in [-0.1, -0.05) is 6.07 Å². The number of methoxy groups -OCH3 is 1. The van der Waals surface area contributed by atoms with E-state index >= 15 is 0 Å². The molecular weight excluding hydrogens is 260 g/mol. The molecule has 0 fully saturated rings. The third-order valence-corrected chi connectivity index (χ3v) is 2.63. The highest BCUT2D eigenvalue weighted by Gasteiger charge is 2.16. The number of carbonyl (C=O) groups excluding carboxylic acids is 2. The van der Waals surface area contributed by atoms with Gasteiger partial charge in [-0.2, -0.15) is 0 Å². The highest BCUT2D eigenvalue weighted by Crippen LogP contribution is 2.20. The Morgan fingerprint density at radius 1 is 1.40 bits per heavy atom. The Hall–Kier alpha value is -2.83. The number of hydrogen-bond acceptors (Lipinski definition) is 5. The summed E-state index contributed by atoms with van der Waals surface area (Å²) in [4.78, 5) is 26.4. The van der Waals surface area contributed by atoms with Crippen LogP contribution in [0.5, 0.6) is 0 Å². The molecule has 0 saturated carbocycles. The van der Waals surface area contributed by atoms with Crippen molar-refractivity contribution >= 4 is 23.4 Å². The normalized spacial score (nSPS) is 10.1. The van der Waals surface area contributed by atoms with Gasteiger partial charge in [0.25, 0.3) is 0 Å². The Balaban J connectivity index is 2.39. The molecule has 0 aliphatic heterocycles. The third-order valence-electron chi connectivity index (χ3n) is 2.63. The van der Waals surface area contributed by atoms with Crippen LogP contribution >= 0.6 is 0 Å². The highest BCUT2D eigenvalue weighted by molar-refractivity contribution is 5.92. The second kappa shape index (κ2) is 5.43. The van der Waals surface area contributed by atoms with Gasteiger partial charge in [0.1, 0.15) is 12.1 Å². The summed E-state index contributed by atoms with van der Waals surface area (Å²) in [6.45, 7) is 1.42. The van der Waals surface area contributed by atoms with Crippen molar-refractivity contribution < 1.29 is 14.3 Å². The summed E-state index contributed by atoms with van der Waals surface area (Å²) < 4.78 is 6.13. The number of hydrogen-bond donors (Lipinski definition) is 2. The van der Waals surface area contributed by atoms with Crippen molar-refractivity contribution in [1.82, 2.24) is 9.55 Å². The van der Waals surface area contributed by atoms with Gasteiger partial charge in [0, 0.05) is 12.6 Å². The minimum atomic E-state index is -0.598. The van der Waals surface area contributed by atoms with Crippen LogP contribution in [0.15, 0.2) is 30.6 Å². The van der Waals surface area contributed by atoms with Crippen LogP contribution in [0, 0.1) is 0 Å². The van der Waals surface area contributed by atoms with Crippen molar-refractivity contribution in [3.8, 4) is 5.69 Å². The summed E-state index contributed by atoms with van der Waals surface area (Å²) in [5.74, 6) is -0.591. The van der Waals surface area contributed by atoms with Crippen LogP contribution in [0.4, 0.5) is 11.5 Å². The predicted molar refractivity (Wildman–Crippen MR) is 73.6 cm³/mol. The van der Waals surface area contributed by atoms with Gasteiger partial charge >= 0.3 is 5.97 Å². The zero-order valence-corrected chi connectivity index (χ0v) is 11.1. The number of esters is 1. The Morgan fingerprint density at radius 3 is 2.80 bits per heavy atom. The smallest absolute Gasteiger partial charge is 0.360 e. The molecule has 3 N–H and O–H groups in total. The van der Waals surface area contributed by atoms with Gasteiger partial charge in [-0.15, -0.1) is 0 Å². The zero-order chi connectivity index (χ0) is 14.7. The van der Waals surface area contributed by atoms with E-state index in [2.05, 4.69) is 15.0 Å². The van der Waals surface area contributed by atoms with E-state index < -0.39 is 5.97 Å². The molecule has 2 rings (SSSR count). The van der Waals surface area contributed by atoms with Crippen molar-refractivity contribution in [1.29, 1.82) is 0 Å². The molecule has 20 heavy (non-hydrogen) atoms. The molecule has 0 saturated heterocycles. The first kappa shape index (κ1) is 13.6.